The van der Waals surface area contributed by atoms with E-state index in [2.05, 4.69) is 41.3 Å². The molecule has 0 unspecified atom stereocenters. The van der Waals surface area contributed by atoms with Gasteiger partial charge in [-0.3, -0.25) is 9.59 Å². The Kier molecular flexibility index (Phi) is 13.4. The zero-order valence-corrected chi connectivity index (χ0v) is 30.3. The predicted molar refractivity (Wildman–Crippen MR) is 173 cm³/mol. The fraction of sp³-hybridized carbons (Fsp3) is 0.462. The van der Waals surface area contributed by atoms with E-state index in [0.717, 1.165) is 21.6 Å². The molecular formula is C26H34Br2N2O8S4. The summed E-state index contributed by atoms with van der Waals surface area (Å²) >= 11 is 6.52. The number of esters is 2. The largest absolute Gasteiger partial charge is 0.459 e. The van der Waals surface area contributed by atoms with Crippen LogP contribution in [-0.2, 0) is 39.1 Å². The lowest BCUT2D eigenvalue weighted by molar-refractivity contribution is -0.157. The van der Waals surface area contributed by atoms with Gasteiger partial charge in [0.2, 0.25) is 20.0 Å². The molecule has 2 aromatic carbocycles. The molecule has 0 aliphatic heterocycles. The van der Waals surface area contributed by atoms with Gasteiger partial charge in [0, 0.05) is 20.5 Å². The monoisotopic (exact) mass is 788 g/mol. The number of ether oxygens (including phenoxy) is 2. The fourth-order valence-corrected chi connectivity index (χ4v) is 8.42. The average Bonchev–Trinajstić information content (AvgIpc) is 2.83. The van der Waals surface area contributed by atoms with Gasteiger partial charge in [-0.15, -0.1) is 0 Å². The van der Waals surface area contributed by atoms with Crippen molar-refractivity contribution in [3.63, 3.8) is 0 Å². The van der Waals surface area contributed by atoms with Crippen molar-refractivity contribution in [1.29, 1.82) is 0 Å². The normalized spacial score (nSPS) is 14.2. The minimum atomic E-state index is -4.09. The van der Waals surface area contributed by atoms with Crippen molar-refractivity contribution < 1.29 is 35.9 Å². The van der Waals surface area contributed by atoms with Gasteiger partial charge in [-0.25, -0.2) is 16.8 Å². The fourth-order valence-electron chi connectivity index (χ4n) is 3.02. The van der Waals surface area contributed by atoms with Crippen LogP contribution in [0, 0.1) is 0 Å². The Morgan fingerprint density at radius 2 is 0.952 bits per heavy atom. The Hall–Kier alpha value is -1.14. The predicted octanol–water partition coefficient (Wildman–Crippen LogP) is 5.27. The van der Waals surface area contributed by atoms with Crippen molar-refractivity contribution in [2.45, 2.75) is 74.6 Å². The van der Waals surface area contributed by atoms with Gasteiger partial charge in [-0.05, 0) is 90.1 Å². The number of hydrogen-bond acceptors (Lipinski definition) is 10. The molecule has 0 heterocycles. The Labute approximate surface area is 272 Å². The third-order valence-corrected chi connectivity index (χ3v) is 11.2. The van der Waals surface area contributed by atoms with Gasteiger partial charge < -0.3 is 9.47 Å². The van der Waals surface area contributed by atoms with Crippen molar-refractivity contribution >= 4 is 85.4 Å². The van der Waals surface area contributed by atoms with Gasteiger partial charge >= 0.3 is 11.9 Å². The first-order valence-electron chi connectivity index (χ1n) is 12.4. The Morgan fingerprint density at radius 1 is 0.667 bits per heavy atom. The van der Waals surface area contributed by atoms with Crippen molar-refractivity contribution in [3.05, 3.63) is 57.5 Å². The molecular weight excluding hydrogens is 756 g/mol. The van der Waals surface area contributed by atoms with Crippen LogP contribution in [0.15, 0.2) is 67.3 Å². The summed E-state index contributed by atoms with van der Waals surface area (Å²) in [5, 5.41) is 0. The molecule has 2 aromatic rings. The highest BCUT2D eigenvalue weighted by atomic mass is 79.9. The summed E-state index contributed by atoms with van der Waals surface area (Å²) in [6.45, 7) is 9.98. The second-order valence-electron chi connectivity index (χ2n) is 10.9. The van der Waals surface area contributed by atoms with E-state index in [9.17, 15) is 26.4 Å². The van der Waals surface area contributed by atoms with Crippen LogP contribution in [0.2, 0.25) is 0 Å². The van der Waals surface area contributed by atoms with E-state index in [1.165, 1.54) is 24.3 Å². The van der Waals surface area contributed by atoms with Crippen LogP contribution < -0.4 is 9.44 Å². The van der Waals surface area contributed by atoms with Gasteiger partial charge in [0.1, 0.15) is 23.3 Å². The summed E-state index contributed by atoms with van der Waals surface area (Å²) < 4.78 is 69.1. The van der Waals surface area contributed by atoms with E-state index in [-0.39, 0.29) is 21.3 Å². The van der Waals surface area contributed by atoms with Gasteiger partial charge in [-0.2, -0.15) is 9.44 Å². The number of sulfonamides is 2. The van der Waals surface area contributed by atoms with Gasteiger partial charge in [0.25, 0.3) is 0 Å². The topological polar surface area (TPSA) is 145 Å². The van der Waals surface area contributed by atoms with Crippen LogP contribution in [0.4, 0.5) is 0 Å². The Bertz CT molecular complexity index is 1330. The third kappa shape index (κ3) is 12.8. The SMILES string of the molecule is CC(C)(C)OC(=O)[C@H](CSSC[C@H](NS(=O)(=O)c1ccc(Br)cc1)C(=O)OC(C)(C)C)NS(=O)(=O)c1ccc(Br)cc1. The molecule has 10 nitrogen and oxygen atoms in total. The van der Waals surface area contributed by atoms with Crippen LogP contribution in [-0.4, -0.2) is 63.6 Å². The lowest BCUT2D eigenvalue weighted by Crippen LogP contribution is -2.46. The van der Waals surface area contributed by atoms with Crippen molar-refractivity contribution in [3.8, 4) is 0 Å². The second-order valence-corrected chi connectivity index (χ2v) is 18.7. The molecule has 0 spiro atoms. The summed E-state index contributed by atoms with van der Waals surface area (Å²) in [5.41, 5.74) is -1.74. The zero-order valence-electron chi connectivity index (χ0n) is 23.8. The summed E-state index contributed by atoms with van der Waals surface area (Å²) in [6, 6.07) is 9.28. The maximum atomic E-state index is 13.0. The molecule has 0 aliphatic carbocycles. The minimum Gasteiger partial charge on any atom is -0.459 e. The molecule has 0 amide bonds. The molecule has 42 heavy (non-hydrogen) atoms. The maximum Gasteiger partial charge on any atom is 0.325 e. The van der Waals surface area contributed by atoms with Crippen LogP contribution in [0.25, 0.3) is 0 Å². The standard InChI is InChI=1S/C26H34Br2N2O8S4/c1-25(2,3)37-23(31)21(29-41(33,34)19-11-7-17(27)8-12-19)15-39-40-16-22(24(32)38-26(4,5)6)30-42(35,36)20-13-9-18(28)10-14-20/h7-14,21-22,29-30H,15-16H2,1-6H3/t21-,22-/m0/s1. The van der Waals surface area contributed by atoms with E-state index >= 15 is 0 Å². The molecule has 0 radical (unpaired) electrons. The van der Waals surface area contributed by atoms with Gasteiger partial charge in [0.05, 0.1) is 9.79 Å². The summed E-state index contributed by atoms with van der Waals surface area (Å²) in [5.74, 6) is -1.71. The van der Waals surface area contributed by atoms with Gasteiger partial charge in [-0.1, -0.05) is 53.4 Å². The molecule has 234 valence electrons. The highest BCUT2D eigenvalue weighted by Crippen LogP contribution is 2.26. The average molecular weight is 791 g/mol. The van der Waals surface area contributed by atoms with Crippen LogP contribution in [0.5, 0.6) is 0 Å². The first kappa shape index (κ1) is 37.0. The smallest absolute Gasteiger partial charge is 0.325 e. The molecule has 0 saturated heterocycles. The molecule has 0 aromatic heterocycles. The number of hydrogen-bond donors (Lipinski definition) is 2. The molecule has 0 saturated carbocycles. The summed E-state index contributed by atoms with van der Waals surface area (Å²) in [7, 11) is -6.02. The third-order valence-electron chi connectivity index (χ3n) is 4.78. The van der Waals surface area contributed by atoms with Gasteiger partial charge in [0.15, 0.2) is 0 Å². The number of benzene rings is 2. The Morgan fingerprint density at radius 3 is 1.21 bits per heavy atom. The van der Waals surface area contributed by atoms with Crippen molar-refractivity contribution in [2.24, 2.45) is 0 Å². The first-order valence-corrected chi connectivity index (χ1v) is 19.5. The number of carbonyl (C=O) groups excluding carboxylic acids is 2. The molecule has 2 N–H and O–H groups in total. The molecule has 0 fully saturated rings. The highest BCUT2D eigenvalue weighted by Gasteiger charge is 2.32. The molecule has 2 atom stereocenters. The molecule has 2 rings (SSSR count). The number of halogens is 2. The molecule has 0 aliphatic rings. The highest BCUT2D eigenvalue weighted by molar-refractivity contribution is 9.10. The molecule has 16 heteroatoms. The summed E-state index contributed by atoms with van der Waals surface area (Å²) in [6.07, 6.45) is 0. The Balaban J connectivity index is 2.19. The number of rotatable bonds is 13. The van der Waals surface area contributed by atoms with Crippen LogP contribution >= 0.6 is 53.4 Å². The second kappa shape index (κ2) is 15.2. The lowest BCUT2D eigenvalue weighted by atomic mass is 10.2. The zero-order chi connectivity index (χ0) is 31.9. The van der Waals surface area contributed by atoms with E-state index in [0.29, 0.717) is 8.95 Å². The van der Waals surface area contributed by atoms with E-state index in [1.807, 2.05) is 0 Å². The number of nitrogens with one attached hydrogen (secondary N) is 2. The first-order chi connectivity index (χ1) is 19.2. The van der Waals surface area contributed by atoms with E-state index in [1.54, 1.807) is 65.8 Å². The number of carbonyl (C=O) groups is 2. The van der Waals surface area contributed by atoms with Crippen LogP contribution in [0.3, 0.4) is 0 Å². The lowest BCUT2D eigenvalue weighted by Gasteiger charge is -2.25. The van der Waals surface area contributed by atoms with E-state index < -0.39 is 55.3 Å². The van der Waals surface area contributed by atoms with Crippen LogP contribution in [0.1, 0.15) is 41.5 Å². The quantitative estimate of drug-likeness (QED) is 0.157. The summed E-state index contributed by atoms with van der Waals surface area (Å²) in [4.78, 5) is 25.8. The molecule has 0 bridgehead atoms. The van der Waals surface area contributed by atoms with Crippen molar-refractivity contribution in [1.82, 2.24) is 9.44 Å². The minimum absolute atomic E-state index is 0.0377. The maximum absolute atomic E-state index is 13.0. The van der Waals surface area contributed by atoms with E-state index in [4.69, 9.17) is 9.47 Å². The van der Waals surface area contributed by atoms with Crippen molar-refractivity contribution in [2.75, 3.05) is 11.5 Å².